The Hall–Kier alpha value is -2.96. The van der Waals surface area contributed by atoms with E-state index in [0.29, 0.717) is 43.5 Å². The number of carbonyl (C=O) groups excluding carboxylic acids is 3. The molecule has 2 atom stereocenters. The Morgan fingerprint density at radius 2 is 1.76 bits per heavy atom. The molecule has 0 bridgehead atoms. The number of fused-ring (bicyclic) bond motifs is 1. The van der Waals surface area contributed by atoms with Crippen LogP contribution in [0, 0.1) is 11.8 Å². The van der Waals surface area contributed by atoms with Crippen molar-refractivity contribution in [1.29, 1.82) is 0 Å². The van der Waals surface area contributed by atoms with Crippen molar-refractivity contribution in [2.45, 2.75) is 45.4 Å². The highest BCUT2D eigenvalue weighted by Gasteiger charge is 2.48. The first-order valence-electron chi connectivity index (χ1n) is 10.0. The number of anilines is 1. The molecular formula is C22H26N2O5. The van der Waals surface area contributed by atoms with Gasteiger partial charge in [0.1, 0.15) is 0 Å². The van der Waals surface area contributed by atoms with E-state index in [1.165, 1.54) is 4.90 Å². The quantitative estimate of drug-likeness (QED) is 0.398. The fourth-order valence-corrected chi connectivity index (χ4v) is 3.94. The van der Waals surface area contributed by atoms with E-state index in [1.807, 2.05) is 13.0 Å². The lowest BCUT2D eigenvalue weighted by molar-refractivity contribution is -0.137. The zero-order valence-corrected chi connectivity index (χ0v) is 16.5. The lowest BCUT2D eigenvalue weighted by Gasteiger charge is -2.18. The van der Waals surface area contributed by atoms with E-state index in [1.54, 1.807) is 24.3 Å². The van der Waals surface area contributed by atoms with Gasteiger partial charge in [0.25, 0.3) is 5.91 Å². The molecule has 1 heterocycles. The van der Waals surface area contributed by atoms with Gasteiger partial charge in [0.15, 0.2) is 0 Å². The van der Waals surface area contributed by atoms with Crippen LogP contribution >= 0.6 is 0 Å². The molecule has 1 aromatic rings. The Balaban J connectivity index is 1.55. The summed E-state index contributed by atoms with van der Waals surface area (Å²) < 4.78 is 0. The lowest BCUT2D eigenvalue weighted by atomic mass is 9.82. The second kappa shape index (κ2) is 9.03. The highest BCUT2D eigenvalue weighted by molar-refractivity contribution is 6.22. The molecule has 154 valence electrons. The lowest BCUT2D eigenvalue weighted by Crippen LogP contribution is -2.31. The minimum absolute atomic E-state index is 0.140. The molecule has 3 amide bonds. The summed E-state index contributed by atoms with van der Waals surface area (Å²) in [6, 6.07) is 6.49. The van der Waals surface area contributed by atoms with Crippen LogP contribution in [0.25, 0.3) is 0 Å². The average Bonchev–Trinajstić information content (AvgIpc) is 2.94. The van der Waals surface area contributed by atoms with Crippen LogP contribution in [0.15, 0.2) is 35.9 Å². The van der Waals surface area contributed by atoms with Gasteiger partial charge in [0, 0.05) is 18.5 Å². The normalized spacial score (nSPS) is 21.0. The summed E-state index contributed by atoms with van der Waals surface area (Å²) in [5, 5.41) is 11.4. The van der Waals surface area contributed by atoms with E-state index in [0.717, 1.165) is 12.0 Å². The minimum atomic E-state index is -0.810. The zero-order valence-electron chi connectivity index (χ0n) is 16.5. The molecule has 0 spiro atoms. The van der Waals surface area contributed by atoms with Crippen LogP contribution in [-0.4, -0.2) is 35.3 Å². The SMILES string of the molecule is CC1=CC[C@@H]2C(=O)N(c3ccc(C(=O)NCCCCCC(=O)O)cc3)C(=O)[C@H]2C1. The van der Waals surface area contributed by atoms with Crippen molar-refractivity contribution in [2.24, 2.45) is 11.8 Å². The number of carboxylic acid groups (broad SMARTS) is 1. The molecule has 0 saturated carbocycles. The fourth-order valence-electron chi connectivity index (χ4n) is 3.94. The maximum absolute atomic E-state index is 12.7. The van der Waals surface area contributed by atoms with Gasteiger partial charge >= 0.3 is 5.97 Å². The van der Waals surface area contributed by atoms with Gasteiger partial charge in [-0.3, -0.25) is 24.1 Å². The van der Waals surface area contributed by atoms with Crippen molar-refractivity contribution in [3.63, 3.8) is 0 Å². The highest BCUT2D eigenvalue weighted by atomic mass is 16.4. The molecule has 1 saturated heterocycles. The molecule has 1 fully saturated rings. The summed E-state index contributed by atoms with van der Waals surface area (Å²) in [5.74, 6) is -1.93. The molecule has 1 aromatic carbocycles. The second-order valence-electron chi connectivity index (χ2n) is 7.72. The van der Waals surface area contributed by atoms with Crippen molar-refractivity contribution in [1.82, 2.24) is 5.32 Å². The van der Waals surface area contributed by atoms with E-state index in [4.69, 9.17) is 5.11 Å². The van der Waals surface area contributed by atoms with Crippen LogP contribution in [0.4, 0.5) is 5.69 Å². The number of unbranched alkanes of at least 4 members (excludes halogenated alkanes) is 2. The predicted octanol–water partition coefficient (Wildman–Crippen LogP) is 2.91. The number of benzene rings is 1. The van der Waals surface area contributed by atoms with Gasteiger partial charge in [0.2, 0.25) is 11.8 Å². The van der Waals surface area contributed by atoms with Crippen molar-refractivity contribution in [2.75, 3.05) is 11.4 Å². The fraction of sp³-hybridized carbons (Fsp3) is 0.455. The van der Waals surface area contributed by atoms with Crippen molar-refractivity contribution in [3.05, 3.63) is 41.5 Å². The van der Waals surface area contributed by atoms with Crippen LogP contribution in [0.3, 0.4) is 0 Å². The van der Waals surface area contributed by atoms with Gasteiger partial charge in [-0.15, -0.1) is 0 Å². The number of rotatable bonds is 8. The van der Waals surface area contributed by atoms with E-state index in [9.17, 15) is 19.2 Å². The van der Waals surface area contributed by atoms with Gasteiger partial charge in [-0.05, 0) is 56.9 Å². The topological polar surface area (TPSA) is 104 Å². The molecule has 2 aliphatic rings. The van der Waals surface area contributed by atoms with Gasteiger partial charge in [0.05, 0.1) is 17.5 Å². The summed E-state index contributed by atoms with van der Waals surface area (Å²) in [7, 11) is 0. The number of imide groups is 1. The number of aliphatic carboxylic acids is 1. The summed E-state index contributed by atoms with van der Waals surface area (Å²) in [4.78, 5) is 49.4. The Morgan fingerprint density at radius 1 is 1.07 bits per heavy atom. The molecule has 2 N–H and O–H groups in total. The standard InChI is InChI=1S/C22H26N2O5/c1-14-6-11-17-18(13-14)22(29)24(21(17)28)16-9-7-15(8-10-16)20(27)23-12-4-2-3-5-19(25)26/h6-10,17-18H,2-5,11-13H2,1H3,(H,23,27)(H,25,26)/t17-,18-/m0/s1. The van der Waals surface area contributed by atoms with Gasteiger partial charge in [-0.2, -0.15) is 0 Å². The van der Waals surface area contributed by atoms with Crippen LogP contribution in [0.5, 0.6) is 0 Å². The van der Waals surface area contributed by atoms with Crippen LogP contribution in [0.2, 0.25) is 0 Å². The van der Waals surface area contributed by atoms with E-state index in [2.05, 4.69) is 5.32 Å². The molecular weight excluding hydrogens is 372 g/mol. The highest BCUT2D eigenvalue weighted by Crippen LogP contribution is 2.39. The molecule has 3 rings (SSSR count). The first-order valence-corrected chi connectivity index (χ1v) is 10.0. The van der Waals surface area contributed by atoms with Crippen molar-refractivity contribution in [3.8, 4) is 0 Å². The van der Waals surface area contributed by atoms with E-state index >= 15 is 0 Å². The van der Waals surface area contributed by atoms with Crippen LogP contribution < -0.4 is 10.2 Å². The maximum atomic E-state index is 12.7. The third-order valence-corrected chi connectivity index (χ3v) is 5.56. The molecule has 7 heteroatoms. The largest absolute Gasteiger partial charge is 0.481 e. The number of hydrogen-bond acceptors (Lipinski definition) is 4. The Kier molecular flexibility index (Phi) is 6.46. The number of allylic oxidation sites excluding steroid dienone is 2. The van der Waals surface area contributed by atoms with Crippen molar-refractivity contribution >= 4 is 29.4 Å². The number of nitrogens with one attached hydrogen (secondary N) is 1. The molecule has 29 heavy (non-hydrogen) atoms. The summed E-state index contributed by atoms with van der Waals surface area (Å²) in [6.45, 7) is 2.45. The van der Waals surface area contributed by atoms with Crippen LogP contribution in [0.1, 0.15) is 55.8 Å². The molecule has 7 nitrogen and oxygen atoms in total. The summed E-state index contributed by atoms with van der Waals surface area (Å²) in [5.41, 5.74) is 2.09. The smallest absolute Gasteiger partial charge is 0.303 e. The molecule has 0 aromatic heterocycles. The van der Waals surface area contributed by atoms with Crippen molar-refractivity contribution < 1.29 is 24.3 Å². The number of nitrogens with zero attached hydrogens (tertiary/aromatic N) is 1. The van der Waals surface area contributed by atoms with Gasteiger partial charge in [-0.1, -0.05) is 18.1 Å². The molecule has 0 unspecified atom stereocenters. The van der Waals surface area contributed by atoms with Gasteiger partial charge in [-0.25, -0.2) is 0 Å². The monoisotopic (exact) mass is 398 g/mol. The molecule has 1 aliphatic carbocycles. The third-order valence-electron chi connectivity index (χ3n) is 5.56. The number of carbonyl (C=O) groups is 4. The Bertz CT molecular complexity index is 843. The molecule has 1 aliphatic heterocycles. The Morgan fingerprint density at radius 3 is 2.45 bits per heavy atom. The first-order chi connectivity index (χ1) is 13.9. The van der Waals surface area contributed by atoms with Gasteiger partial charge < -0.3 is 10.4 Å². The second-order valence-corrected chi connectivity index (χ2v) is 7.72. The Labute approximate surface area is 169 Å². The predicted molar refractivity (Wildman–Crippen MR) is 107 cm³/mol. The zero-order chi connectivity index (χ0) is 21.0. The summed E-state index contributed by atoms with van der Waals surface area (Å²) in [6.07, 6.45) is 5.44. The summed E-state index contributed by atoms with van der Waals surface area (Å²) >= 11 is 0. The van der Waals surface area contributed by atoms with Crippen LogP contribution in [-0.2, 0) is 14.4 Å². The number of hydrogen-bond donors (Lipinski definition) is 2. The number of carboxylic acids is 1. The minimum Gasteiger partial charge on any atom is -0.481 e. The first kappa shape index (κ1) is 20.8. The number of amides is 3. The maximum Gasteiger partial charge on any atom is 0.303 e. The van der Waals surface area contributed by atoms with E-state index < -0.39 is 5.97 Å². The molecule has 0 radical (unpaired) electrons. The van der Waals surface area contributed by atoms with E-state index in [-0.39, 0.29) is 36.0 Å². The average molecular weight is 398 g/mol. The third kappa shape index (κ3) is 4.72.